The number of hydrogen-bond acceptors (Lipinski definition) is 3. The van der Waals surface area contributed by atoms with E-state index in [1.807, 2.05) is 0 Å². The zero-order valence-electron chi connectivity index (χ0n) is 15.8. The zero-order chi connectivity index (χ0) is 17.6. The van der Waals surface area contributed by atoms with Crippen molar-refractivity contribution in [2.75, 3.05) is 40.4 Å². The molecule has 0 bridgehead atoms. The van der Waals surface area contributed by atoms with Gasteiger partial charge in [0.1, 0.15) is 6.54 Å². The lowest BCUT2D eigenvalue weighted by Crippen LogP contribution is -2.47. The van der Waals surface area contributed by atoms with Crippen LogP contribution in [0.1, 0.15) is 44.9 Å². The maximum atomic E-state index is 11.9. The third-order valence-electron chi connectivity index (χ3n) is 6.08. The van der Waals surface area contributed by atoms with Gasteiger partial charge in [0.15, 0.2) is 5.96 Å². The van der Waals surface area contributed by atoms with Gasteiger partial charge in [0, 0.05) is 39.2 Å². The highest BCUT2D eigenvalue weighted by molar-refractivity contribution is 5.84. The SMILES string of the molecule is CN(C)C(=O)CN=C(NCC1CCOC1)NC1CCC2CCCC2C1. The highest BCUT2D eigenvalue weighted by Gasteiger charge is 2.34. The quantitative estimate of drug-likeness (QED) is 0.584. The maximum absolute atomic E-state index is 11.9. The minimum atomic E-state index is 0.0322. The van der Waals surface area contributed by atoms with Crippen LogP contribution in [0.5, 0.6) is 0 Å². The number of nitrogens with one attached hydrogen (secondary N) is 2. The number of likely N-dealkylation sites (N-methyl/N-ethyl adjacent to an activating group) is 1. The number of nitrogens with zero attached hydrogens (tertiary/aromatic N) is 2. The van der Waals surface area contributed by atoms with E-state index in [2.05, 4.69) is 15.6 Å². The summed E-state index contributed by atoms with van der Waals surface area (Å²) in [6.45, 7) is 2.74. The second-order valence-electron chi connectivity index (χ2n) is 8.17. The van der Waals surface area contributed by atoms with Crippen molar-refractivity contribution < 1.29 is 9.53 Å². The number of aliphatic imine (C=N–C) groups is 1. The van der Waals surface area contributed by atoms with Crippen molar-refractivity contribution in [3.8, 4) is 0 Å². The Morgan fingerprint density at radius 1 is 1.16 bits per heavy atom. The maximum Gasteiger partial charge on any atom is 0.243 e. The van der Waals surface area contributed by atoms with Gasteiger partial charge in [0.05, 0.1) is 6.61 Å². The second-order valence-corrected chi connectivity index (χ2v) is 8.17. The van der Waals surface area contributed by atoms with Gasteiger partial charge in [0.25, 0.3) is 0 Å². The number of ether oxygens (including phenoxy) is 1. The standard InChI is InChI=1S/C19H34N4O2/c1-23(2)18(24)12-21-19(20-11-14-8-9-25-13-14)22-17-7-6-15-4-3-5-16(15)10-17/h14-17H,3-13H2,1-2H3,(H2,20,21,22). The number of fused-ring (bicyclic) bond motifs is 1. The predicted octanol–water partition coefficient (Wildman–Crippen LogP) is 1.62. The average Bonchev–Trinajstić information content (AvgIpc) is 3.27. The first kappa shape index (κ1) is 18.5. The van der Waals surface area contributed by atoms with E-state index >= 15 is 0 Å². The van der Waals surface area contributed by atoms with Gasteiger partial charge in [-0.3, -0.25) is 4.79 Å². The van der Waals surface area contributed by atoms with Gasteiger partial charge in [-0.15, -0.1) is 0 Å². The van der Waals surface area contributed by atoms with Crippen LogP contribution in [0, 0.1) is 17.8 Å². The molecule has 1 aliphatic heterocycles. The number of amides is 1. The van der Waals surface area contributed by atoms with Gasteiger partial charge < -0.3 is 20.3 Å². The summed E-state index contributed by atoms with van der Waals surface area (Å²) in [5.41, 5.74) is 0. The molecule has 1 heterocycles. The Kier molecular flexibility index (Phi) is 6.57. The minimum absolute atomic E-state index is 0.0322. The molecule has 0 aromatic carbocycles. The lowest BCUT2D eigenvalue weighted by atomic mass is 9.79. The Balaban J connectivity index is 1.54. The van der Waals surface area contributed by atoms with Crippen LogP contribution in [-0.4, -0.2) is 63.2 Å². The van der Waals surface area contributed by atoms with Gasteiger partial charge in [-0.25, -0.2) is 4.99 Å². The molecule has 0 aromatic rings. The topological polar surface area (TPSA) is 66.0 Å². The Morgan fingerprint density at radius 2 is 2.00 bits per heavy atom. The first-order valence-corrected chi connectivity index (χ1v) is 9.94. The molecule has 3 rings (SSSR count). The smallest absolute Gasteiger partial charge is 0.243 e. The Bertz CT molecular complexity index is 474. The molecule has 4 unspecified atom stereocenters. The third kappa shape index (κ3) is 5.33. The lowest BCUT2D eigenvalue weighted by molar-refractivity contribution is -0.127. The molecule has 25 heavy (non-hydrogen) atoms. The van der Waals surface area contributed by atoms with E-state index in [1.165, 1.54) is 38.5 Å². The molecule has 1 saturated heterocycles. The van der Waals surface area contributed by atoms with Crippen molar-refractivity contribution in [3.63, 3.8) is 0 Å². The molecule has 3 fully saturated rings. The molecule has 2 N–H and O–H groups in total. The molecule has 0 spiro atoms. The first-order chi connectivity index (χ1) is 12.1. The summed E-state index contributed by atoms with van der Waals surface area (Å²) in [6, 6.07) is 0.486. The van der Waals surface area contributed by atoms with Gasteiger partial charge in [-0.05, 0) is 37.5 Å². The number of carbonyl (C=O) groups excluding carboxylic acids is 1. The number of guanidine groups is 1. The second kappa shape index (κ2) is 8.88. The molecular formula is C19H34N4O2. The Hall–Kier alpha value is -1.30. The van der Waals surface area contributed by atoms with Crippen molar-refractivity contribution in [3.05, 3.63) is 0 Å². The Morgan fingerprint density at radius 3 is 2.76 bits per heavy atom. The van der Waals surface area contributed by atoms with Gasteiger partial charge >= 0.3 is 0 Å². The summed E-state index contributed by atoms with van der Waals surface area (Å²) >= 11 is 0. The van der Waals surface area contributed by atoms with Crippen molar-refractivity contribution >= 4 is 11.9 Å². The molecule has 1 amide bonds. The number of carbonyl (C=O) groups is 1. The number of hydrogen-bond donors (Lipinski definition) is 2. The summed E-state index contributed by atoms with van der Waals surface area (Å²) < 4.78 is 5.46. The van der Waals surface area contributed by atoms with Crippen LogP contribution in [0.2, 0.25) is 0 Å². The van der Waals surface area contributed by atoms with Crippen molar-refractivity contribution in [1.82, 2.24) is 15.5 Å². The molecule has 6 nitrogen and oxygen atoms in total. The van der Waals surface area contributed by atoms with Crippen LogP contribution in [0.15, 0.2) is 4.99 Å². The van der Waals surface area contributed by atoms with Crippen LogP contribution in [-0.2, 0) is 9.53 Å². The molecule has 142 valence electrons. The summed E-state index contributed by atoms with van der Waals surface area (Å²) in [5.74, 6) is 3.21. The fourth-order valence-corrected chi connectivity index (χ4v) is 4.45. The van der Waals surface area contributed by atoms with E-state index in [0.717, 1.165) is 44.0 Å². The third-order valence-corrected chi connectivity index (χ3v) is 6.08. The molecule has 4 atom stereocenters. The predicted molar refractivity (Wildman–Crippen MR) is 99.5 cm³/mol. The first-order valence-electron chi connectivity index (χ1n) is 9.94. The fraction of sp³-hybridized carbons (Fsp3) is 0.895. The van der Waals surface area contributed by atoms with E-state index in [-0.39, 0.29) is 12.5 Å². The van der Waals surface area contributed by atoms with E-state index in [4.69, 9.17) is 4.74 Å². The molecular weight excluding hydrogens is 316 g/mol. The van der Waals surface area contributed by atoms with Gasteiger partial charge in [-0.2, -0.15) is 0 Å². The average molecular weight is 351 g/mol. The highest BCUT2D eigenvalue weighted by Crippen LogP contribution is 2.41. The molecule has 0 aromatic heterocycles. The largest absolute Gasteiger partial charge is 0.381 e. The minimum Gasteiger partial charge on any atom is -0.381 e. The normalized spacial score (nSPS) is 32.3. The van der Waals surface area contributed by atoms with Crippen molar-refractivity contribution in [2.24, 2.45) is 22.7 Å². The van der Waals surface area contributed by atoms with E-state index < -0.39 is 0 Å². The van der Waals surface area contributed by atoms with E-state index in [9.17, 15) is 4.79 Å². The molecule has 2 saturated carbocycles. The van der Waals surface area contributed by atoms with Crippen LogP contribution < -0.4 is 10.6 Å². The number of rotatable bonds is 5. The van der Waals surface area contributed by atoms with Crippen LogP contribution in [0.25, 0.3) is 0 Å². The molecule has 2 aliphatic carbocycles. The monoisotopic (exact) mass is 350 g/mol. The molecule has 6 heteroatoms. The summed E-state index contributed by atoms with van der Waals surface area (Å²) in [6.07, 6.45) is 9.12. The lowest BCUT2D eigenvalue weighted by Gasteiger charge is -2.33. The van der Waals surface area contributed by atoms with Gasteiger partial charge in [-0.1, -0.05) is 19.3 Å². The molecule has 0 radical (unpaired) electrons. The summed E-state index contributed by atoms with van der Waals surface area (Å²) in [4.78, 5) is 18.0. The van der Waals surface area contributed by atoms with Crippen LogP contribution in [0.3, 0.4) is 0 Å². The Labute approximate surface area is 151 Å². The van der Waals surface area contributed by atoms with Crippen molar-refractivity contribution in [2.45, 2.75) is 51.0 Å². The van der Waals surface area contributed by atoms with Crippen LogP contribution >= 0.6 is 0 Å². The highest BCUT2D eigenvalue weighted by atomic mass is 16.5. The van der Waals surface area contributed by atoms with Gasteiger partial charge in [0.2, 0.25) is 5.91 Å². The van der Waals surface area contributed by atoms with E-state index in [1.54, 1.807) is 19.0 Å². The van der Waals surface area contributed by atoms with Crippen molar-refractivity contribution in [1.29, 1.82) is 0 Å². The fourth-order valence-electron chi connectivity index (χ4n) is 4.45. The molecule has 3 aliphatic rings. The van der Waals surface area contributed by atoms with Crippen LogP contribution in [0.4, 0.5) is 0 Å². The summed E-state index contributed by atoms with van der Waals surface area (Å²) in [5, 5.41) is 7.07. The summed E-state index contributed by atoms with van der Waals surface area (Å²) in [7, 11) is 3.55. The van der Waals surface area contributed by atoms with E-state index in [0.29, 0.717) is 12.0 Å². The zero-order valence-corrected chi connectivity index (χ0v) is 15.8.